The van der Waals surface area contributed by atoms with E-state index in [0.29, 0.717) is 13.2 Å². The van der Waals surface area contributed by atoms with Crippen molar-refractivity contribution in [2.45, 2.75) is 6.54 Å². The van der Waals surface area contributed by atoms with E-state index in [1.165, 1.54) is 4.88 Å². The SMILES string of the molecule is NC(=O)COCCNCc1cc(Br)cs1. The van der Waals surface area contributed by atoms with E-state index in [0.717, 1.165) is 11.0 Å². The van der Waals surface area contributed by atoms with Crippen LogP contribution in [0.4, 0.5) is 0 Å². The van der Waals surface area contributed by atoms with Crippen LogP contribution in [0.1, 0.15) is 4.88 Å². The van der Waals surface area contributed by atoms with Gasteiger partial charge in [0.1, 0.15) is 6.61 Å². The first-order chi connectivity index (χ1) is 7.18. The van der Waals surface area contributed by atoms with E-state index < -0.39 is 5.91 Å². The van der Waals surface area contributed by atoms with E-state index in [4.69, 9.17) is 10.5 Å². The number of nitrogens with two attached hydrogens (primary N) is 1. The zero-order valence-electron chi connectivity index (χ0n) is 8.16. The topological polar surface area (TPSA) is 64.4 Å². The first kappa shape index (κ1) is 12.6. The van der Waals surface area contributed by atoms with E-state index in [2.05, 4.69) is 27.3 Å². The van der Waals surface area contributed by atoms with Crippen molar-refractivity contribution in [3.05, 3.63) is 20.8 Å². The van der Waals surface area contributed by atoms with Crippen LogP contribution < -0.4 is 11.1 Å². The van der Waals surface area contributed by atoms with Gasteiger partial charge in [-0.1, -0.05) is 0 Å². The number of amides is 1. The van der Waals surface area contributed by atoms with E-state index in [1.807, 2.05) is 5.38 Å². The van der Waals surface area contributed by atoms with Gasteiger partial charge < -0.3 is 15.8 Å². The normalized spacial score (nSPS) is 10.5. The van der Waals surface area contributed by atoms with Crippen LogP contribution in [0.25, 0.3) is 0 Å². The average molecular weight is 293 g/mol. The van der Waals surface area contributed by atoms with Gasteiger partial charge in [-0.3, -0.25) is 4.79 Å². The molecular formula is C9H13BrN2O2S. The predicted molar refractivity (Wildman–Crippen MR) is 63.7 cm³/mol. The van der Waals surface area contributed by atoms with Crippen LogP contribution in [0.2, 0.25) is 0 Å². The van der Waals surface area contributed by atoms with Crippen molar-refractivity contribution in [1.82, 2.24) is 5.32 Å². The number of nitrogens with one attached hydrogen (secondary N) is 1. The summed E-state index contributed by atoms with van der Waals surface area (Å²) >= 11 is 5.08. The van der Waals surface area contributed by atoms with Crippen molar-refractivity contribution in [3.63, 3.8) is 0 Å². The molecule has 0 saturated heterocycles. The summed E-state index contributed by atoms with van der Waals surface area (Å²) in [4.78, 5) is 11.6. The summed E-state index contributed by atoms with van der Waals surface area (Å²) in [5.41, 5.74) is 4.91. The van der Waals surface area contributed by atoms with Crippen molar-refractivity contribution >= 4 is 33.2 Å². The lowest BCUT2D eigenvalue weighted by atomic mass is 10.4. The minimum absolute atomic E-state index is 0.00771. The molecule has 0 aliphatic rings. The molecule has 84 valence electrons. The van der Waals surface area contributed by atoms with Gasteiger partial charge in [0.2, 0.25) is 5.91 Å². The molecule has 1 aromatic heterocycles. The monoisotopic (exact) mass is 292 g/mol. The Labute approximate surface area is 101 Å². The maximum absolute atomic E-state index is 10.3. The van der Waals surface area contributed by atoms with E-state index >= 15 is 0 Å². The standard InChI is InChI=1S/C9H13BrN2O2S/c10-7-3-8(15-6-7)4-12-1-2-14-5-9(11)13/h3,6,12H,1-2,4-5H2,(H2,11,13). The van der Waals surface area contributed by atoms with Crippen molar-refractivity contribution in [1.29, 1.82) is 0 Å². The van der Waals surface area contributed by atoms with E-state index in [-0.39, 0.29) is 6.61 Å². The Balaban J connectivity index is 2.00. The number of rotatable bonds is 7. The summed E-state index contributed by atoms with van der Waals surface area (Å²) in [5.74, 6) is -0.433. The Hall–Kier alpha value is -0.430. The fourth-order valence-electron chi connectivity index (χ4n) is 0.975. The van der Waals surface area contributed by atoms with Crippen molar-refractivity contribution in [2.75, 3.05) is 19.8 Å². The van der Waals surface area contributed by atoms with Crippen LogP contribution in [-0.2, 0) is 16.1 Å². The van der Waals surface area contributed by atoms with Crippen molar-refractivity contribution in [3.8, 4) is 0 Å². The van der Waals surface area contributed by atoms with E-state index in [1.54, 1.807) is 11.3 Å². The Morgan fingerprint density at radius 3 is 3.07 bits per heavy atom. The van der Waals surface area contributed by atoms with Gasteiger partial charge in [-0.15, -0.1) is 11.3 Å². The number of hydrogen-bond donors (Lipinski definition) is 2. The molecule has 3 N–H and O–H groups in total. The van der Waals surface area contributed by atoms with Crippen LogP contribution in [0.5, 0.6) is 0 Å². The van der Waals surface area contributed by atoms with Crippen molar-refractivity contribution < 1.29 is 9.53 Å². The van der Waals surface area contributed by atoms with Crippen LogP contribution in [0, 0.1) is 0 Å². The third-order valence-electron chi connectivity index (χ3n) is 1.59. The summed E-state index contributed by atoms with van der Waals surface area (Å²) in [7, 11) is 0. The zero-order chi connectivity index (χ0) is 11.1. The number of carbonyl (C=O) groups is 1. The molecule has 0 fully saturated rings. The van der Waals surface area contributed by atoms with Crippen LogP contribution in [-0.4, -0.2) is 25.7 Å². The predicted octanol–water partition coefficient (Wildman–Crippen LogP) is 1.10. The number of thiophene rings is 1. The molecule has 1 amide bonds. The third kappa shape index (κ3) is 5.88. The lowest BCUT2D eigenvalue weighted by Crippen LogP contribution is -2.23. The second kappa shape index (κ2) is 6.95. The Bertz CT molecular complexity index is 317. The summed E-state index contributed by atoms with van der Waals surface area (Å²) in [6.45, 7) is 2.01. The highest BCUT2D eigenvalue weighted by atomic mass is 79.9. The number of carbonyl (C=O) groups excluding carboxylic acids is 1. The first-order valence-electron chi connectivity index (χ1n) is 4.48. The molecule has 4 nitrogen and oxygen atoms in total. The summed E-state index contributed by atoms with van der Waals surface area (Å²) in [6.07, 6.45) is 0. The van der Waals surface area contributed by atoms with Crippen molar-refractivity contribution in [2.24, 2.45) is 5.73 Å². The lowest BCUT2D eigenvalue weighted by molar-refractivity contribution is -0.122. The molecule has 0 saturated carbocycles. The van der Waals surface area contributed by atoms with Crippen LogP contribution in [0.3, 0.4) is 0 Å². The molecule has 1 aromatic rings. The maximum atomic E-state index is 10.3. The highest BCUT2D eigenvalue weighted by Gasteiger charge is 1.97. The molecule has 0 atom stereocenters. The zero-order valence-corrected chi connectivity index (χ0v) is 10.6. The van der Waals surface area contributed by atoms with Gasteiger partial charge in [0.05, 0.1) is 6.61 Å². The number of ether oxygens (including phenoxy) is 1. The second-order valence-corrected chi connectivity index (χ2v) is 4.84. The average Bonchev–Trinajstić information content (AvgIpc) is 2.57. The molecule has 0 aromatic carbocycles. The van der Waals surface area contributed by atoms with Gasteiger partial charge in [0, 0.05) is 27.8 Å². The molecule has 0 unspecified atom stereocenters. The Kier molecular flexibility index (Phi) is 5.85. The maximum Gasteiger partial charge on any atom is 0.243 e. The highest BCUT2D eigenvalue weighted by Crippen LogP contribution is 2.19. The molecule has 0 aliphatic carbocycles. The van der Waals surface area contributed by atoms with Gasteiger partial charge in [-0.2, -0.15) is 0 Å². The third-order valence-corrected chi connectivity index (χ3v) is 3.29. The first-order valence-corrected chi connectivity index (χ1v) is 6.15. The fraction of sp³-hybridized carbons (Fsp3) is 0.444. The smallest absolute Gasteiger partial charge is 0.243 e. The van der Waals surface area contributed by atoms with E-state index in [9.17, 15) is 4.79 Å². The lowest BCUT2D eigenvalue weighted by Gasteiger charge is -2.03. The minimum Gasteiger partial charge on any atom is -0.370 e. The molecule has 6 heteroatoms. The number of halogens is 1. The van der Waals surface area contributed by atoms with Gasteiger partial charge in [-0.25, -0.2) is 0 Å². The molecule has 1 heterocycles. The fourth-order valence-corrected chi connectivity index (χ4v) is 2.40. The molecule has 1 rings (SSSR count). The van der Waals surface area contributed by atoms with Gasteiger partial charge >= 0.3 is 0 Å². The van der Waals surface area contributed by atoms with Gasteiger partial charge in [0.15, 0.2) is 0 Å². The quantitative estimate of drug-likeness (QED) is 0.740. The molecule has 0 bridgehead atoms. The largest absolute Gasteiger partial charge is 0.370 e. The van der Waals surface area contributed by atoms with Crippen LogP contribution in [0.15, 0.2) is 15.9 Å². The van der Waals surface area contributed by atoms with Crippen LogP contribution >= 0.6 is 27.3 Å². The molecule has 15 heavy (non-hydrogen) atoms. The summed E-state index contributed by atoms with van der Waals surface area (Å²) < 4.78 is 6.10. The summed E-state index contributed by atoms with van der Waals surface area (Å²) in [5, 5.41) is 5.24. The second-order valence-electron chi connectivity index (χ2n) is 2.93. The Morgan fingerprint density at radius 1 is 1.67 bits per heavy atom. The van der Waals surface area contributed by atoms with Gasteiger partial charge in [0.25, 0.3) is 0 Å². The van der Waals surface area contributed by atoms with Gasteiger partial charge in [-0.05, 0) is 22.0 Å². The molecular weight excluding hydrogens is 280 g/mol. The molecule has 0 spiro atoms. The minimum atomic E-state index is -0.433. The summed E-state index contributed by atoms with van der Waals surface area (Å²) in [6, 6.07) is 2.07. The number of hydrogen-bond acceptors (Lipinski definition) is 4. The number of primary amides is 1. The highest BCUT2D eigenvalue weighted by molar-refractivity contribution is 9.10. The Morgan fingerprint density at radius 2 is 2.47 bits per heavy atom. The molecule has 0 radical (unpaired) electrons. The molecule has 0 aliphatic heterocycles.